The van der Waals surface area contributed by atoms with Crippen molar-refractivity contribution in [3.63, 3.8) is 0 Å². The minimum absolute atomic E-state index is 0.284. The van der Waals surface area contributed by atoms with Crippen molar-refractivity contribution in [1.29, 1.82) is 0 Å². The topological polar surface area (TPSA) is 12.0 Å². The van der Waals surface area contributed by atoms with Crippen LogP contribution in [0.4, 0.5) is 18.9 Å². The molecule has 1 nitrogen and oxygen atoms in total. The van der Waals surface area contributed by atoms with Gasteiger partial charge >= 0.3 is 6.18 Å². The fraction of sp³-hybridized carbons (Fsp3) is 0.600. The first-order valence-corrected chi connectivity index (χ1v) is 6.48. The van der Waals surface area contributed by atoms with Gasteiger partial charge in [-0.15, -0.1) is 0 Å². The van der Waals surface area contributed by atoms with Gasteiger partial charge in [0.05, 0.1) is 5.56 Å². The number of anilines is 1. The van der Waals surface area contributed by atoms with E-state index in [2.05, 4.69) is 33.0 Å². The fourth-order valence-corrected chi connectivity index (χ4v) is 2.84. The van der Waals surface area contributed by atoms with E-state index in [-0.39, 0.29) is 10.8 Å². The maximum atomic E-state index is 12.4. The number of benzene rings is 1. The van der Waals surface area contributed by atoms with E-state index in [0.717, 1.165) is 24.4 Å². The van der Waals surface area contributed by atoms with Gasteiger partial charge in [-0.1, -0.05) is 27.7 Å². The van der Waals surface area contributed by atoms with Crippen LogP contribution in [-0.2, 0) is 6.18 Å². The number of hydrogen-bond acceptors (Lipinski definition) is 1. The monoisotopic (exact) mass is 271 g/mol. The first-order valence-electron chi connectivity index (χ1n) is 6.48. The largest absolute Gasteiger partial charge is 0.416 e. The molecule has 0 heterocycles. The lowest BCUT2D eigenvalue weighted by molar-refractivity contribution is -0.137. The van der Waals surface area contributed by atoms with Crippen molar-refractivity contribution in [1.82, 2.24) is 0 Å². The van der Waals surface area contributed by atoms with Gasteiger partial charge in [0.25, 0.3) is 0 Å². The molecule has 0 spiro atoms. The van der Waals surface area contributed by atoms with E-state index in [1.807, 2.05) is 0 Å². The second kappa shape index (κ2) is 4.15. The Morgan fingerprint density at radius 1 is 1.00 bits per heavy atom. The van der Waals surface area contributed by atoms with Gasteiger partial charge in [-0.25, -0.2) is 0 Å². The fourth-order valence-electron chi connectivity index (χ4n) is 2.84. The highest BCUT2D eigenvalue weighted by Gasteiger charge is 2.63. The minimum Gasteiger partial charge on any atom is -0.385 e. The molecular formula is C15H20F3N. The molecule has 2 rings (SSSR count). The normalized spacial score (nSPS) is 21.2. The maximum absolute atomic E-state index is 12.4. The van der Waals surface area contributed by atoms with Crippen LogP contribution in [0.1, 0.15) is 33.3 Å². The number of alkyl halides is 3. The van der Waals surface area contributed by atoms with Crippen molar-refractivity contribution in [3.8, 4) is 0 Å². The van der Waals surface area contributed by atoms with E-state index in [1.165, 1.54) is 12.1 Å². The first-order chi connectivity index (χ1) is 8.57. The summed E-state index contributed by atoms with van der Waals surface area (Å²) in [7, 11) is 0. The lowest BCUT2D eigenvalue weighted by Gasteiger charge is -2.10. The molecule has 1 aromatic rings. The third kappa shape index (κ3) is 2.45. The second-order valence-corrected chi connectivity index (χ2v) is 6.45. The molecule has 1 aromatic carbocycles. The number of nitrogens with one attached hydrogen (secondary N) is 1. The van der Waals surface area contributed by atoms with Gasteiger partial charge in [0, 0.05) is 12.2 Å². The molecule has 0 unspecified atom stereocenters. The minimum atomic E-state index is -4.26. The van der Waals surface area contributed by atoms with Crippen LogP contribution in [0.25, 0.3) is 0 Å². The third-order valence-corrected chi connectivity index (χ3v) is 5.04. The number of hydrogen-bond donors (Lipinski definition) is 1. The molecule has 19 heavy (non-hydrogen) atoms. The molecule has 0 aromatic heterocycles. The van der Waals surface area contributed by atoms with Crippen molar-refractivity contribution in [2.45, 2.75) is 33.9 Å². The maximum Gasteiger partial charge on any atom is 0.416 e. The van der Waals surface area contributed by atoms with Crippen molar-refractivity contribution in [2.24, 2.45) is 16.7 Å². The molecule has 1 saturated carbocycles. The van der Waals surface area contributed by atoms with E-state index in [0.29, 0.717) is 5.92 Å². The van der Waals surface area contributed by atoms with E-state index in [9.17, 15) is 13.2 Å². The van der Waals surface area contributed by atoms with Crippen LogP contribution in [0, 0.1) is 16.7 Å². The molecule has 0 aliphatic heterocycles. The summed E-state index contributed by atoms with van der Waals surface area (Å²) in [5.74, 6) is 0.544. The third-order valence-electron chi connectivity index (χ3n) is 5.04. The molecule has 106 valence electrons. The first kappa shape index (κ1) is 14.2. The van der Waals surface area contributed by atoms with Crippen molar-refractivity contribution in [2.75, 3.05) is 11.9 Å². The molecule has 0 saturated heterocycles. The van der Waals surface area contributed by atoms with Gasteiger partial charge < -0.3 is 5.32 Å². The molecule has 1 N–H and O–H groups in total. The summed E-state index contributed by atoms with van der Waals surface area (Å²) in [6.07, 6.45) is -4.26. The average molecular weight is 271 g/mol. The van der Waals surface area contributed by atoms with Crippen LogP contribution in [0.5, 0.6) is 0 Å². The van der Waals surface area contributed by atoms with E-state index in [1.54, 1.807) is 0 Å². The van der Waals surface area contributed by atoms with Gasteiger partial charge in [-0.3, -0.25) is 0 Å². The van der Waals surface area contributed by atoms with Gasteiger partial charge in [-0.2, -0.15) is 13.2 Å². The Balaban J connectivity index is 1.95. The van der Waals surface area contributed by atoms with Crippen LogP contribution in [-0.4, -0.2) is 6.54 Å². The van der Waals surface area contributed by atoms with Crippen LogP contribution >= 0.6 is 0 Å². The molecular weight excluding hydrogens is 251 g/mol. The Morgan fingerprint density at radius 2 is 1.47 bits per heavy atom. The van der Waals surface area contributed by atoms with Gasteiger partial charge in [0.2, 0.25) is 0 Å². The Hall–Kier alpha value is -1.19. The van der Waals surface area contributed by atoms with Crippen LogP contribution in [0.3, 0.4) is 0 Å². The molecule has 1 aliphatic carbocycles. The molecule has 1 fully saturated rings. The summed E-state index contributed by atoms with van der Waals surface area (Å²) in [6, 6.07) is 5.22. The van der Waals surface area contributed by atoms with Crippen molar-refractivity contribution < 1.29 is 13.2 Å². The van der Waals surface area contributed by atoms with Crippen LogP contribution in [0.15, 0.2) is 24.3 Å². The van der Waals surface area contributed by atoms with E-state index in [4.69, 9.17) is 0 Å². The quantitative estimate of drug-likeness (QED) is 0.832. The average Bonchev–Trinajstić information content (AvgIpc) is 2.66. The zero-order chi connectivity index (χ0) is 14.5. The summed E-state index contributed by atoms with van der Waals surface area (Å²) < 4.78 is 37.3. The predicted molar refractivity (Wildman–Crippen MR) is 71.0 cm³/mol. The number of halogens is 3. The van der Waals surface area contributed by atoms with E-state index >= 15 is 0 Å². The lowest BCUT2D eigenvalue weighted by Crippen LogP contribution is -2.09. The summed E-state index contributed by atoms with van der Waals surface area (Å²) >= 11 is 0. The predicted octanol–water partition coefficient (Wildman–Crippen LogP) is 4.80. The Bertz CT molecular complexity index is 443. The Kier molecular flexibility index (Phi) is 3.11. The zero-order valence-corrected chi connectivity index (χ0v) is 11.7. The highest BCUT2D eigenvalue weighted by atomic mass is 19.4. The van der Waals surface area contributed by atoms with Gasteiger partial charge in [-0.05, 0) is 41.0 Å². The number of rotatable bonds is 3. The molecule has 0 radical (unpaired) electrons. The SMILES string of the molecule is CC1(C)C(CNc2ccc(C(F)(F)F)cc2)C1(C)C. The van der Waals surface area contributed by atoms with Gasteiger partial charge in [0.15, 0.2) is 0 Å². The van der Waals surface area contributed by atoms with Crippen molar-refractivity contribution >= 4 is 5.69 Å². The summed E-state index contributed by atoms with van der Waals surface area (Å²) in [5, 5.41) is 3.23. The summed E-state index contributed by atoms with van der Waals surface area (Å²) in [6.45, 7) is 9.71. The van der Waals surface area contributed by atoms with Crippen LogP contribution < -0.4 is 5.32 Å². The smallest absolute Gasteiger partial charge is 0.385 e. The molecule has 1 aliphatic rings. The van der Waals surface area contributed by atoms with Crippen molar-refractivity contribution in [3.05, 3.63) is 29.8 Å². The highest BCUT2D eigenvalue weighted by Crippen LogP contribution is 2.68. The molecule has 4 heteroatoms. The molecule has 0 atom stereocenters. The van der Waals surface area contributed by atoms with Crippen LogP contribution in [0.2, 0.25) is 0 Å². The standard InChI is InChI=1S/C15H20F3N/c1-13(2)12(14(13,3)4)9-19-11-7-5-10(6-8-11)15(16,17)18/h5-8,12,19H,9H2,1-4H3. The Labute approximate surface area is 112 Å². The Morgan fingerprint density at radius 3 is 1.84 bits per heavy atom. The summed E-state index contributed by atoms with van der Waals surface area (Å²) in [4.78, 5) is 0. The molecule has 0 bridgehead atoms. The van der Waals surface area contributed by atoms with Gasteiger partial charge in [0.1, 0.15) is 0 Å². The summed E-state index contributed by atoms with van der Waals surface area (Å²) in [5.41, 5.74) is 0.703. The lowest BCUT2D eigenvalue weighted by atomic mass is 10.0. The van der Waals surface area contributed by atoms with E-state index < -0.39 is 11.7 Å². The molecule has 0 amide bonds. The second-order valence-electron chi connectivity index (χ2n) is 6.45. The highest BCUT2D eigenvalue weighted by molar-refractivity contribution is 5.45. The zero-order valence-electron chi connectivity index (χ0n) is 11.7.